The standard InChI is InChI=1S/C20H32N4O/c1-16(20(25)21-11-8-17-6-4-3-5-7-17)24-12-9-18(10-13-24)19-14-22-23(2)15-19/h6,14-16,18H,3-5,7-13H2,1-2H3,(H,21,25). The average molecular weight is 345 g/mol. The van der Waals surface area contributed by atoms with Crippen LogP contribution in [0, 0.1) is 0 Å². The van der Waals surface area contributed by atoms with E-state index in [9.17, 15) is 4.79 Å². The predicted octanol–water partition coefficient (Wildman–Crippen LogP) is 2.99. The highest BCUT2D eigenvalue weighted by Gasteiger charge is 2.27. The Bertz CT molecular complexity index is 599. The van der Waals surface area contributed by atoms with E-state index in [0.29, 0.717) is 5.92 Å². The van der Waals surface area contributed by atoms with Crippen molar-refractivity contribution in [1.82, 2.24) is 20.0 Å². The summed E-state index contributed by atoms with van der Waals surface area (Å²) >= 11 is 0. The van der Waals surface area contributed by atoms with Crippen LogP contribution in [0.25, 0.3) is 0 Å². The zero-order valence-corrected chi connectivity index (χ0v) is 15.7. The molecule has 0 bridgehead atoms. The highest BCUT2D eigenvalue weighted by molar-refractivity contribution is 5.81. The number of hydrogen-bond acceptors (Lipinski definition) is 3. The number of aromatic nitrogens is 2. The molecule has 1 aliphatic carbocycles. The van der Waals surface area contributed by atoms with Gasteiger partial charge in [-0.25, -0.2) is 0 Å². The molecule has 1 aromatic rings. The molecule has 1 fully saturated rings. The molecule has 3 rings (SSSR count). The van der Waals surface area contributed by atoms with Crippen molar-refractivity contribution in [3.63, 3.8) is 0 Å². The molecule has 0 spiro atoms. The minimum Gasteiger partial charge on any atom is -0.354 e. The van der Waals surface area contributed by atoms with Crippen LogP contribution in [0.3, 0.4) is 0 Å². The molecule has 5 heteroatoms. The van der Waals surface area contributed by atoms with E-state index in [0.717, 1.165) is 38.9 Å². The molecule has 2 aliphatic rings. The van der Waals surface area contributed by atoms with Gasteiger partial charge in [-0.2, -0.15) is 5.10 Å². The highest BCUT2D eigenvalue weighted by atomic mass is 16.2. The number of carbonyl (C=O) groups excluding carboxylic acids is 1. The summed E-state index contributed by atoms with van der Waals surface area (Å²) in [6.07, 6.45) is 14.8. The zero-order chi connectivity index (χ0) is 17.6. The van der Waals surface area contributed by atoms with Crippen molar-refractivity contribution in [2.75, 3.05) is 19.6 Å². The lowest BCUT2D eigenvalue weighted by Crippen LogP contribution is -2.48. The smallest absolute Gasteiger partial charge is 0.237 e. The molecule has 25 heavy (non-hydrogen) atoms. The molecular formula is C20H32N4O. The first kappa shape index (κ1) is 18.2. The highest BCUT2D eigenvalue weighted by Crippen LogP contribution is 2.28. The van der Waals surface area contributed by atoms with Crippen LogP contribution in [0.15, 0.2) is 24.0 Å². The number of nitrogens with one attached hydrogen (secondary N) is 1. The first-order valence-corrected chi connectivity index (χ1v) is 9.81. The van der Waals surface area contributed by atoms with Crippen molar-refractivity contribution in [2.24, 2.45) is 7.05 Å². The Morgan fingerprint density at radius 3 is 2.80 bits per heavy atom. The van der Waals surface area contributed by atoms with E-state index < -0.39 is 0 Å². The molecule has 0 radical (unpaired) electrons. The van der Waals surface area contributed by atoms with Crippen molar-refractivity contribution in [2.45, 2.75) is 63.8 Å². The summed E-state index contributed by atoms with van der Waals surface area (Å²) in [5, 5.41) is 7.42. The lowest BCUT2D eigenvalue weighted by Gasteiger charge is -2.35. The maximum absolute atomic E-state index is 12.5. The quantitative estimate of drug-likeness (QED) is 0.807. The molecule has 2 heterocycles. The Balaban J connectivity index is 1.40. The molecule has 1 amide bonds. The van der Waals surface area contributed by atoms with Gasteiger partial charge in [-0.1, -0.05) is 11.6 Å². The van der Waals surface area contributed by atoms with Crippen LogP contribution in [0.4, 0.5) is 0 Å². The molecule has 1 unspecified atom stereocenters. The third-order valence-corrected chi connectivity index (χ3v) is 5.78. The van der Waals surface area contributed by atoms with Crippen molar-refractivity contribution >= 4 is 5.91 Å². The normalized spacial score (nSPS) is 21.0. The third-order valence-electron chi connectivity index (χ3n) is 5.78. The molecule has 5 nitrogen and oxygen atoms in total. The van der Waals surface area contributed by atoms with Gasteiger partial charge in [0.15, 0.2) is 0 Å². The molecule has 0 aromatic carbocycles. The molecule has 1 atom stereocenters. The summed E-state index contributed by atoms with van der Waals surface area (Å²) in [4.78, 5) is 14.8. The number of hydrogen-bond donors (Lipinski definition) is 1. The van der Waals surface area contributed by atoms with Crippen LogP contribution in [0.2, 0.25) is 0 Å². The number of nitrogens with zero attached hydrogens (tertiary/aromatic N) is 3. The van der Waals surface area contributed by atoms with Gasteiger partial charge in [0.1, 0.15) is 0 Å². The molecule has 1 N–H and O–H groups in total. The monoisotopic (exact) mass is 344 g/mol. The Hall–Kier alpha value is -1.62. The number of aryl methyl sites for hydroxylation is 1. The Kier molecular flexibility index (Phi) is 6.29. The summed E-state index contributed by atoms with van der Waals surface area (Å²) in [5.74, 6) is 0.759. The van der Waals surface area contributed by atoms with Gasteiger partial charge in [-0.05, 0) is 76.4 Å². The Morgan fingerprint density at radius 1 is 1.36 bits per heavy atom. The van der Waals surface area contributed by atoms with Crippen LogP contribution < -0.4 is 5.32 Å². The number of amides is 1. The molecular weight excluding hydrogens is 312 g/mol. The van der Waals surface area contributed by atoms with Gasteiger partial charge in [0.05, 0.1) is 12.2 Å². The Morgan fingerprint density at radius 2 is 2.16 bits per heavy atom. The summed E-state index contributed by atoms with van der Waals surface area (Å²) in [6, 6.07) is -0.0322. The van der Waals surface area contributed by atoms with Crippen LogP contribution in [0.1, 0.15) is 63.4 Å². The number of rotatable bonds is 6. The minimum absolute atomic E-state index is 0.0322. The van der Waals surface area contributed by atoms with Crippen LogP contribution >= 0.6 is 0 Å². The number of allylic oxidation sites excluding steroid dienone is 1. The minimum atomic E-state index is -0.0322. The second-order valence-electron chi connectivity index (χ2n) is 7.58. The average Bonchev–Trinajstić information content (AvgIpc) is 3.08. The van der Waals surface area contributed by atoms with E-state index in [1.807, 2.05) is 24.9 Å². The van der Waals surface area contributed by atoms with E-state index in [2.05, 4.69) is 27.6 Å². The van der Waals surface area contributed by atoms with Gasteiger partial charge in [-0.15, -0.1) is 0 Å². The molecule has 0 saturated carbocycles. The van der Waals surface area contributed by atoms with Crippen molar-refractivity contribution in [1.29, 1.82) is 0 Å². The van der Waals surface area contributed by atoms with E-state index in [4.69, 9.17) is 0 Å². The van der Waals surface area contributed by atoms with E-state index in [1.165, 1.54) is 36.8 Å². The fourth-order valence-electron chi connectivity index (χ4n) is 4.06. The van der Waals surface area contributed by atoms with E-state index in [1.54, 1.807) is 0 Å². The van der Waals surface area contributed by atoms with E-state index in [-0.39, 0.29) is 11.9 Å². The van der Waals surface area contributed by atoms with Crippen LogP contribution in [-0.2, 0) is 11.8 Å². The largest absolute Gasteiger partial charge is 0.354 e. The fourth-order valence-corrected chi connectivity index (χ4v) is 4.06. The zero-order valence-electron chi connectivity index (χ0n) is 15.7. The lowest BCUT2D eigenvalue weighted by atomic mass is 9.91. The summed E-state index contributed by atoms with van der Waals surface area (Å²) < 4.78 is 1.87. The van der Waals surface area contributed by atoms with Crippen molar-refractivity contribution < 1.29 is 4.79 Å². The number of likely N-dealkylation sites (tertiary alicyclic amines) is 1. The summed E-state index contributed by atoms with van der Waals surface area (Å²) in [6.45, 7) is 4.79. The maximum atomic E-state index is 12.5. The first-order chi connectivity index (χ1) is 12.1. The number of piperidine rings is 1. The predicted molar refractivity (Wildman–Crippen MR) is 100 cm³/mol. The topological polar surface area (TPSA) is 50.2 Å². The molecule has 138 valence electrons. The molecule has 1 saturated heterocycles. The second-order valence-corrected chi connectivity index (χ2v) is 7.58. The lowest BCUT2D eigenvalue weighted by molar-refractivity contribution is -0.126. The Labute approximate surface area is 151 Å². The third kappa shape index (κ3) is 4.94. The van der Waals surface area contributed by atoms with Crippen molar-refractivity contribution in [3.8, 4) is 0 Å². The van der Waals surface area contributed by atoms with Gasteiger partial charge in [0, 0.05) is 19.8 Å². The van der Waals surface area contributed by atoms with Gasteiger partial charge in [0.2, 0.25) is 5.91 Å². The number of carbonyl (C=O) groups is 1. The maximum Gasteiger partial charge on any atom is 0.237 e. The molecule has 1 aromatic heterocycles. The van der Waals surface area contributed by atoms with Gasteiger partial charge in [-0.3, -0.25) is 14.4 Å². The van der Waals surface area contributed by atoms with Gasteiger partial charge >= 0.3 is 0 Å². The van der Waals surface area contributed by atoms with Gasteiger partial charge < -0.3 is 5.32 Å². The van der Waals surface area contributed by atoms with Gasteiger partial charge in [0.25, 0.3) is 0 Å². The van der Waals surface area contributed by atoms with E-state index >= 15 is 0 Å². The first-order valence-electron chi connectivity index (χ1n) is 9.81. The molecule has 1 aliphatic heterocycles. The summed E-state index contributed by atoms with van der Waals surface area (Å²) in [7, 11) is 1.97. The fraction of sp³-hybridized carbons (Fsp3) is 0.700. The second kappa shape index (κ2) is 8.65. The SMILES string of the molecule is CC(C(=O)NCCC1=CCCCC1)N1CCC(c2cnn(C)c2)CC1. The van der Waals surface area contributed by atoms with Crippen LogP contribution in [-0.4, -0.2) is 46.3 Å². The van der Waals surface area contributed by atoms with Crippen molar-refractivity contribution in [3.05, 3.63) is 29.6 Å². The van der Waals surface area contributed by atoms with Crippen LogP contribution in [0.5, 0.6) is 0 Å². The summed E-state index contributed by atoms with van der Waals surface area (Å²) in [5.41, 5.74) is 2.86.